The number of esters is 1. The van der Waals surface area contributed by atoms with Gasteiger partial charge in [-0.05, 0) is 37.3 Å². The van der Waals surface area contributed by atoms with Gasteiger partial charge in [-0.3, -0.25) is 9.59 Å². The van der Waals surface area contributed by atoms with Crippen LogP contribution in [0.4, 0.5) is 14.5 Å². The van der Waals surface area contributed by atoms with Gasteiger partial charge < -0.3 is 24.4 Å². The molecule has 0 radical (unpaired) electrons. The van der Waals surface area contributed by atoms with E-state index in [9.17, 15) is 23.2 Å². The number of nitrogens with one attached hydrogen (secondary N) is 1. The third-order valence-electron chi connectivity index (χ3n) is 4.08. The number of nitrogens with zero attached hydrogens (tertiary/aromatic N) is 1. The van der Waals surface area contributed by atoms with E-state index in [1.54, 1.807) is 12.1 Å². The van der Waals surface area contributed by atoms with Crippen molar-refractivity contribution in [2.45, 2.75) is 13.5 Å². The van der Waals surface area contributed by atoms with E-state index in [4.69, 9.17) is 9.47 Å². The first-order valence-corrected chi connectivity index (χ1v) is 9.10. The van der Waals surface area contributed by atoms with Crippen molar-refractivity contribution in [1.82, 2.24) is 4.90 Å². The maximum Gasteiger partial charge on any atom is 0.387 e. The highest BCUT2D eigenvalue weighted by molar-refractivity contribution is 5.95. The number of aryl methyl sites for hydroxylation is 1. The van der Waals surface area contributed by atoms with Crippen LogP contribution in [0, 0.1) is 6.92 Å². The zero-order chi connectivity index (χ0) is 23.0. The average molecular weight is 436 g/mol. The van der Waals surface area contributed by atoms with Crippen LogP contribution in [0.5, 0.6) is 11.5 Å². The molecule has 0 atom stereocenters. The Bertz CT molecular complexity index is 934. The van der Waals surface area contributed by atoms with Crippen LogP contribution in [0.3, 0.4) is 0 Å². The minimum atomic E-state index is -3.05. The fourth-order valence-corrected chi connectivity index (χ4v) is 2.45. The SMILES string of the molecule is COc1cc(C(=O)OCC(=O)N(C)CC(=O)Nc2ccc(C)cc2)ccc1OC(F)F. The van der Waals surface area contributed by atoms with Gasteiger partial charge in [-0.15, -0.1) is 0 Å². The van der Waals surface area contributed by atoms with Crippen LogP contribution in [-0.2, 0) is 14.3 Å². The van der Waals surface area contributed by atoms with E-state index < -0.39 is 31.0 Å². The first-order valence-electron chi connectivity index (χ1n) is 9.10. The molecule has 0 heterocycles. The number of ether oxygens (including phenoxy) is 3. The molecule has 166 valence electrons. The van der Waals surface area contributed by atoms with Crippen LogP contribution in [-0.4, -0.2) is 56.6 Å². The Morgan fingerprint density at radius 3 is 2.35 bits per heavy atom. The van der Waals surface area contributed by atoms with E-state index >= 15 is 0 Å². The lowest BCUT2D eigenvalue weighted by atomic mass is 10.2. The van der Waals surface area contributed by atoms with E-state index in [2.05, 4.69) is 10.1 Å². The van der Waals surface area contributed by atoms with Gasteiger partial charge in [-0.1, -0.05) is 17.7 Å². The van der Waals surface area contributed by atoms with Crippen molar-refractivity contribution in [3.8, 4) is 11.5 Å². The van der Waals surface area contributed by atoms with Crippen molar-refractivity contribution < 1.29 is 37.4 Å². The maximum absolute atomic E-state index is 12.4. The molecular formula is C21H22F2N2O6. The van der Waals surface area contributed by atoms with E-state index in [1.165, 1.54) is 20.2 Å². The fraction of sp³-hybridized carbons (Fsp3) is 0.286. The summed E-state index contributed by atoms with van der Waals surface area (Å²) in [6.07, 6.45) is 0. The molecule has 31 heavy (non-hydrogen) atoms. The van der Waals surface area contributed by atoms with Gasteiger partial charge in [-0.25, -0.2) is 4.79 Å². The minimum absolute atomic E-state index is 0.0222. The summed E-state index contributed by atoms with van der Waals surface area (Å²) in [4.78, 5) is 37.5. The number of likely N-dealkylation sites (N-methyl/N-ethyl adjacent to an activating group) is 1. The van der Waals surface area contributed by atoms with Gasteiger partial charge in [0, 0.05) is 12.7 Å². The smallest absolute Gasteiger partial charge is 0.387 e. The van der Waals surface area contributed by atoms with Crippen LogP contribution in [0.1, 0.15) is 15.9 Å². The lowest BCUT2D eigenvalue weighted by molar-refractivity contribution is -0.136. The summed E-state index contributed by atoms with van der Waals surface area (Å²) in [7, 11) is 2.62. The third kappa shape index (κ3) is 7.25. The van der Waals surface area contributed by atoms with Gasteiger partial charge in [0.15, 0.2) is 18.1 Å². The van der Waals surface area contributed by atoms with Crippen LogP contribution < -0.4 is 14.8 Å². The van der Waals surface area contributed by atoms with Crippen molar-refractivity contribution in [2.24, 2.45) is 0 Å². The molecule has 8 nitrogen and oxygen atoms in total. The van der Waals surface area contributed by atoms with Crippen molar-refractivity contribution in [3.05, 3.63) is 53.6 Å². The van der Waals surface area contributed by atoms with Gasteiger partial charge in [0.25, 0.3) is 5.91 Å². The summed E-state index contributed by atoms with van der Waals surface area (Å²) in [6.45, 7) is -1.98. The lowest BCUT2D eigenvalue weighted by Gasteiger charge is -2.17. The number of rotatable bonds is 9. The standard InChI is InChI=1S/C21H22F2N2O6/c1-13-4-7-15(8-5-13)24-18(26)11-25(2)19(27)12-30-20(28)14-6-9-16(31-21(22)23)17(10-14)29-3/h4-10,21H,11-12H2,1-3H3,(H,24,26). The second-order valence-corrected chi connectivity index (χ2v) is 6.48. The van der Waals surface area contributed by atoms with Crippen LogP contribution >= 0.6 is 0 Å². The molecule has 2 aromatic carbocycles. The predicted octanol–water partition coefficient (Wildman–Crippen LogP) is 2.86. The number of methoxy groups -OCH3 is 1. The number of amides is 2. The Morgan fingerprint density at radius 2 is 1.74 bits per heavy atom. The molecule has 0 bridgehead atoms. The average Bonchev–Trinajstić information content (AvgIpc) is 2.73. The van der Waals surface area contributed by atoms with Crippen LogP contribution in [0.2, 0.25) is 0 Å². The molecule has 1 N–H and O–H groups in total. The molecule has 0 spiro atoms. The molecule has 0 fully saturated rings. The van der Waals surface area contributed by atoms with Crippen LogP contribution in [0.15, 0.2) is 42.5 Å². The topological polar surface area (TPSA) is 94.2 Å². The van der Waals surface area contributed by atoms with Crippen molar-refractivity contribution in [1.29, 1.82) is 0 Å². The van der Waals surface area contributed by atoms with E-state index in [0.29, 0.717) is 5.69 Å². The molecule has 0 saturated heterocycles. The predicted molar refractivity (Wildman–Crippen MR) is 107 cm³/mol. The largest absolute Gasteiger partial charge is 0.493 e. The van der Waals surface area contributed by atoms with Gasteiger partial charge in [0.05, 0.1) is 19.2 Å². The number of hydrogen-bond donors (Lipinski definition) is 1. The van der Waals surface area contributed by atoms with Crippen molar-refractivity contribution in [2.75, 3.05) is 32.6 Å². The molecule has 0 aromatic heterocycles. The molecule has 2 aromatic rings. The second-order valence-electron chi connectivity index (χ2n) is 6.48. The number of carbonyl (C=O) groups excluding carboxylic acids is 3. The summed E-state index contributed by atoms with van der Waals surface area (Å²) in [5.74, 6) is -2.22. The highest BCUT2D eigenvalue weighted by Crippen LogP contribution is 2.29. The summed E-state index contributed by atoms with van der Waals surface area (Å²) >= 11 is 0. The molecule has 0 aliphatic carbocycles. The number of benzene rings is 2. The summed E-state index contributed by atoms with van der Waals surface area (Å²) in [6, 6.07) is 10.6. The summed E-state index contributed by atoms with van der Waals surface area (Å²) < 4.78 is 38.9. The highest BCUT2D eigenvalue weighted by atomic mass is 19.3. The molecule has 0 saturated carbocycles. The zero-order valence-electron chi connectivity index (χ0n) is 17.2. The Morgan fingerprint density at radius 1 is 1.06 bits per heavy atom. The molecule has 0 aliphatic heterocycles. The first-order chi connectivity index (χ1) is 14.7. The molecule has 2 amide bonds. The van der Waals surface area contributed by atoms with Crippen molar-refractivity contribution >= 4 is 23.5 Å². The molecule has 0 aliphatic rings. The first kappa shape index (κ1) is 23.6. The van der Waals surface area contributed by atoms with Crippen molar-refractivity contribution in [3.63, 3.8) is 0 Å². The fourth-order valence-electron chi connectivity index (χ4n) is 2.45. The quantitative estimate of drug-likeness (QED) is 0.608. The van der Waals surface area contributed by atoms with Gasteiger partial charge >= 0.3 is 12.6 Å². The highest BCUT2D eigenvalue weighted by Gasteiger charge is 2.18. The number of alkyl halides is 2. The second kappa shape index (κ2) is 10.9. The monoisotopic (exact) mass is 436 g/mol. The number of anilines is 1. The van der Waals surface area contributed by atoms with E-state index in [1.807, 2.05) is 19.1 Å². The van der Waals surface area contributed by atoms with Gasteiger partial charge in [0.1, 0.15) is 0 Å². The van der Waals surface area contributed by atoms with E-state index in [0.717, 1.165) is 22.6 Å². The van der Waals surface area contributed by atoms with E-state index in [-0.39, 0.29) is 23.6 Å². The zero-order valence-corrected chi connectivity index (χ0v) is 17.2. The number of halogens is 2. The Hall–Kier alpha value is -3.69. The molecule has 10 heteroatoms. The summed E-state index contributed by atoms with van der Waals surface area (Å²) in [5.41, 5.74) is 1.61. The third-order valence-corrected chi connectivity index (χ3v) is 4.08. The van der Waals surface area contributed by atoms with Crippen LogP contribution in [0.25, 0.3) is 0 Å². The molecular weight excluding hydrogens is 414 g/mol. The Labute approximate surface area is 177 Å². The number of hydrogen-bond acceptors (Lipinski definition) is 6. The normalized spacial score (nSPS) is 10.4. The Kier molecular flexibility index (Phi) is 8.30. The Balaban J connectivity index is 1.87. The minimum Gasteiger partial charge on any atom is -0.493 e. The summed E-state index contributed by atoms with van der Waals surface area (Å²) in [5, 5.41) is 2.66. The maximum atomic E-state index is 12.4. The molecule has 2 rings (SSSR count). The van der Waals surface area contributed by atoms with Gasteiger partial charge in [-0.2, -0.15) is 8.78 Å². The lowest BCUT2D eigenvalue weighted by Crippen LogP contribution is -2.37. The molecule has 0 unspecified atom stereocenters. The van der Waals surface area contributed by atoms with Gasteiger partial charge in [0.2, 0.25) is 5.91 Å². The number of carbonyl (C=O) groups is 3.